The van der Waals surface area contributed by atoms with Gasteiger partial charge >= 0.3 is 0 Å². The molecule has 2 heterocycles. The number of aromatic nitrogens is 2. The summed E-state index contributed by atoms with van der Waals surface area (Å²) in [5.74, 6) is -0.232. The summed E-state index contributed by atoms with van der Waals surface area (Å²) < 4.78 is 1.81. The third-order valence-electron chi connectivity index (χ3n) is 5.28. The molecule has 0 bridgehead atoms. The Balaban J connectivity index is 1.39. The molecule has 1 aromatic heterocycles. The molecule has 4 rings (SSSR count). The van der Waals surface area contributed by atoms with E-state index in [2.05, 4.69) is 15.7 Å². The number of nitrogens with zero attached hydrogens (tertiary/aromatic N) is 2. The number of carbonyl (C=O) groups is 2. The van der Waals surface area contributed by atoms with Gasteiger partial charge in [0.2, 0.25) is 0 Å². The van der Waals surface area contributed by atoms with Gasteiger partial charge in [0, 0.05) is 18.5 Å². The summed E-state index contributed by atoms with van der Waals surface area (Å²) in [6, 6.07) is 15.5. The molecule has 6 nitrogen and oxygen atoms in total. The SMILES string of the molecule is Cc1ccc(C(=O)N[C@H]2Cc3c(C(=O)NCc4ccccc4)cnn3C2)c(C)c1. The predicted octanol–water partition coefficient (Wildman–Crippen LogP) is 2.78. The van der Waals surface area contributed by atoms with Gasteiger partial charge < -0.3 is 10.6 Å². The average molecular weight is 388 g/mol. The molecule has 0 spiro atoms. The van der Waals surface area contributed by atoms with Crippen molar-refractivity contribution in [3.63, 3.8) is 0 Å². The summed E-state index contributed by atoms with van der Waals surface area (Å²) in [6.07, 6.45) is 2.20. The average Bonchev–Trinajstić information content (AvgIpc) is 3.27. The minimum absolute atomic E-state index is 0.0763. The van der Waals surface area contributed by atoms with E-state index in [4.69, 9.17) is 0 Å². The standard InChI is InChI=1S/C23H24N4O2/c1-15-8-9-19(16(2)10-15)23(29)26-18-11-21-20(13-25-27(21)14-18)22(28)24-12-17-6-4-3-5-7-17/h3-10,13,18H,11-12,14H2,1-2H3,(H,24,28)(H,26,29)/t18-/m0/s1. The minimum Gasteiger partial charge on any atom is -0.348 e. The molecule has 2 aromatic carbocycles. The molecule has 6 heteroatoms. The van der Waals surface area contributed by atoms with Crippen LogP contribution < -0.4 is 10.6 Å². The van der Waals surface area contributed by atoms with Crippen LogP contribution in [0.1, 0.15) is 43.1 Å². The van der Waals surface area contributed by atoms with Crippen molar-refractivity contribution in [3.8, 4) is 0 Å². The lowest BCUT2D eigenvalue weighted by Gasteiger charge is -2.13. The first-order chi connectivity index (χ1) is 14.0. The third-order valence-corrected chi connectivity index (χ3v) is 5.28. The lowest BCUT2D eigenvalue weighted by molar-refractivity contribution is 0.0934. The number of hydrogen-bond acceptors (Lipinski definition) is 3. The van der Waals surface area contributed by atoms with Gasteiger partial charge in [-0.05, 0) is 31.0 Å². The topological polar surface area (TPSA) is 76.0 Å². The van der Waals surface area contributed by atoms with E-state index < -0.39 is 0 Å². The Morgan fingerprint density at radius 2 is 1.86 bits per heavy atom. The minimum atomic E-state index is -0.142. The molecular formula is C23H24N4O2. The van der Waals surface area contributed by atoms with Gasteiger partial charge in [0.25, 0.3) is 11.8 Å². The van der Waals surface area contributed by atoms with Crippen molar-refractivity contribution in [1.29, 1.82) is 0 Å². The van der Waals surface area contributed by atoms with Crippen LogP contribution in [0, 0.1) is 13.8 Å². The first-order valence-electron chi connectivity index (χ1n) is 9.76. The molecule has 0 unspecified atom stereocenters. The van der Waals surface area contributed by atoms with Gasteiger partial charge in [0.05, 0.1) is 30.0 Å². The van der Waals surface area contributed by atoms with Crippen LogP contribution in [0.4, 0.5) is 0 Å². The number of fused-ring (bicyclic) bond motifs is 1. The van der Waals surface area contributed by atoms with E-state index in [1.54, 1.807) is 6.20 Å². The number of amides is 2. The Kier molecular flexibility index (Phi) is 5.16. The van der Waals surface area contributed by atoms with Crippen LogP contribution in [0.25, 0.3) is 0 Å². The molecule has 1 aliphatic rings. The first-order valence-corrected chi connectivity index (χ1v) is 9.76. The zero-order chi connectivity index (χ0) is 20.4. The Morgan fingerprint density at radius 3 is 2.62 bits per heavy atom. The second-order valence-electron chi connectivity index (χ2n) is 7.55. The second-order valence-corrected chi connectivity index (χ2v) is 7.55. The van der Waals surface area contributed by atoms with Gasteiger partial charge in [-0.25, -0.2) is 0 Å². The van der Waals surface area contributed by atoms with Crippen molar-refractivity contribution in [2.45, 2.75) is 39.4 Å². The maximum absolute atomic E-state index is 12.7. The summed E-state index contributed by atoms with van der Waals surface area (Å²) in [5.41, 5.74) is 5.25. The van der Waals surface area contributed by atoms with Crippen molar-refractivity contribution in [1.82, 2.24) is 20.4 Å². The van der Waals surface area contributed by atoms with E-state index in [9.17, 15) is 9.59 Å². The molecular weight excluding hydrogens is 364 g/mol. The molecule has 3 aromatic rings. The van der Waals surface area contributed by atoms with E-state index in [-0.39, 0.29) is 17.9 Å². The molecule has 29 heavy (non-hydrogen) atoms. The van der Waals surface area contributed by atoms with E-state index in [1.165, 1.54) is 0 Å². The van der Waals surface area contributed by atoms with Gasteiger partial charge in [0.15, 0.2) is 0 Å². The van der Waals surface area contributed by atoms with Crippen LogP contribution in [-0.2, 0) is 19.5 Å². The highest BCUT2D eigenvalue weighted by Crippen LogP contribution is 2.20. The number of carbonyl (C=O) groups excluding carboxylic acids is 2. The summed E-state index contributed by atoms with van der Waals surface area (Å²) in [4.78, 5) is 25.3. The monoisotopic (exact) mass is 388 g/mol. The maximum Gasteiger partial charge on any atom is 0.255 e. The van der Waals surface area contributed by atoms with Gasteiger partial charge in [0.1, 0.15) is 0 Å². The first kappa shape index (κ1) is 18.9. The summed E-state index contributed by atoms with van der Waals surface area (Å²) in [7, 11) is 0. The second kappa shape index (κ2) is 7.91. The Bertz CT molecular complexity index is 1060. The fourth-order valence-electron chi connectivity index (χ4n) is 3.78. The van der Waals surface area contributed by atoms with Crippen LogP contribution in [0.15, 0.2) is 54.7 Å². The molecule has 1 aliphatic heterocycles. The normalized spacial score (nSPS) is 15.0. The van der Waals surface area contributed by atoms with Crippen molar-refractivity contribution < 1.29 is 9.59 Å². The smallest absolute Gasteiger partial charge is 0.255 e. The van der Waals surface area contributed by atoms with Crippen molar-refractivity contribution in [3.05, 3.63) is 88.2 Å². The predicted molar refractivity (Wildman–Crippen MR) is 111 cm³/mol. The van der Waals surface area contributed by atoms with E-state index in [0.717, 1.165) is 22.4 Å². The molecule has 1 atom stereocenters. The molecule has 0 fully saturated rings. The summed E-state index contributed by atoms with van der Waals surface area (Å²) in [5, 5.41) is 10.4. The summed E-state index contributed by atoms with van der Waals surface area (Å²) >= 11 is 0. The Labute approximate surface area is 169 Å². The van der Waals surface area contributed by atoms with Crippen LogP contribution in [0.5, 0.6) is 0 Å². The number of benzene rings is 2. The highest BCUT2D eigenvalue weighted by molar-refractivity contribution is 5.96. The fraction of sp³-hybridized carbons (Fsp3) is 0.261. The van der Waals surface area contributed by atoms with Crippen molar-refractivity contribution in [2.24, 2.45) is 0 Å². The molecule has 2 N–H and O–H groups in total. The van der Waals surface area contributed by atoms with Crippen LogP contribution in [-0.4, -0.2) is 27.6 Å². The van der Waals surface area contributed by atoms with Crippen LogP contribution >= 0.6 is 0 Å². The van der Waals surface area contributed by atoms with Gasteiger partial charge in [-0.2, -0.15) is 5.10 Å². The lowest BCUT2D eigenvalue weighted by atomic mass is 10.0. The largest absolute Gasteiger partial charge is 0.348 e. The van der Waals surface area contributed by atoms with Gasteiger partial charge in [-0.3, -0.25) is 14.3 Å². The zero-order valence-corrected chi connectivity index (χ0v) is 16.6. The van der Waals surface area contributed by atoms with E-state index in [0.29, 0.717) is 30.6 Å². The quantitative estimate of drug-likeness (QED) is 0.706. The zero-order valence-electron chi connectivity index (χ0n) is 16.6. The van der Waals surface area contributed by atoms with E-state index >= 15 is 0 Å². The fourth-order valence-corrected chi connectivity index (χ4v) is 3.78. The Morgan fingerprint density at radius 1 is 1.07 bits per heavy atom. The van der Waals surface area contributed by atoms with Crippen molar-refractivity contribution in [2.75, 3.05) is 0 Å². The molecule has 148 valence electrons. The van der Waals surface area contributed by atoms with Crippen LogP contribution in [0.3, 0.4) is 0 Å². The number of hydrogen-bond donors (Lipinski definition) is 2. The highest BCUT2D eigenvalue weighted by Gasteiger charge is 2.29. The van der Waals surface area contributed by atoms with Gasteiger partial charge in [-0.15, -0.1) is 0 Å². The third kappa shape index (κ3) is 4.06. The molecule has 0 radical (unpaired) electrons. The Hall–Kier alpha value is -3.41. The summed E-state index contributed by atoms with van der Waals surface area (Å²) in [6.45, 7) is 4.99. The van der Waals surface area contributed by atoms with Crippen molar-refractivity contribution >= 4 is 11.8 Å². The number of nitrogens with one attached hydrogen (secondary N) is 2. The number of rotatable bonds is 5. The molecule has 2 amide bonds. The van der Waals surface area contributed by atoms with Crippen LogP contribution in [0.2, 0.25) is 0 Å². The van der Waals surface area contributed by atoms with E-state index in [1.807, 2.05) is 67.1 Å². The van der Waals surface area contributed by atoms with Gasteiger partial charge in [-0.1, -0.05) is 48.0 Å². The molecule has 0 aliphatic carbocycles. The molecule has 0 saturated carbocycles. The number of aryl methyl sites for hydroxylation is 2. The molecule has 0 saturated heterocycles. The maximum atomic E-state index is 12.7. The highest BCUT2D eigenvalue weighted by atomic mass is 16.2. The lowest BCUT2D eigenvalue weighted by Crippen LogP contribution is -2.36.